The number of nitrogens with one attached hydrogen (secondary N) is 1. The molecule has 6 heteroatoms. The van der Waals surface area contributed by atoms with Crippen LogP contribution in [0.4, 0.5) is 11.6 Å². The van der Waals surface area contributed by atoms with E-state index in [9.17, 15) is 0 Å². The summed E-state index contributed by atoms with van der Waals surface area (Å²) in [5.74, 6) is 1.35. The molecule has 0 bridgehead atoms. The maximum atomic E-state index is 5.49. The summed E-state index contributed by atoms with van der Waals surface area (Å²) < 4.78 is 7.35. The lowest BCUT2D eigenvalue weighted by Gasteiger charge is -2.09. The standard InChI is InChI=1S/C23H19N5O/c1-2-29-19-12-10-18(11-13-19)26-23-24-14-17-15-25-28(22(17)27-23)21-9-5-7-16-6-3-4-8-20(16)21/h3-15H,2H2,1H3,(H,24,26,27). The van der Waals surface area contributed by atoms with Crippen molar-refractivity contribution in [3.8, 4) is 11.4 Å². The van der Waals surface area contributed by atoms with Gasteiger partial charge in [-0.1, -0.05) is 36.4 Å². The summed E-state index contributed by atoms with van der Waals surface area (Å²) in [6, 6.07) is 22.2. The van der Waals surface area contributed by atoms with Gasteiger partial charge in [-0.25, -0.2) is 9.67 Å². The average Bonchev–Trinajstić information content (AvgIpc) is 3.18. The Hall–Kier alpha value is -3.93. The largest absolute Gasteiger partial charge is 0.494 e. The molecule has 0 spiro atoms. The summed E-state index contributed by atoms with van der Waals surface area (Å²) in [6.07, 6.45) is 3.58. The van der Waals surface area contributed by atoms with E-state index in [2.05, 4.69) is 39.7 Å². The number of fused-ring (bicyclic) bond motifs is 2. The zero-order valence-electron chi connectivity index (χ0n) is 15.9. The van der Waals surface area contributed by atoms with Crippen molar-refractivity contribution in [3.63, 3.8) is 0 Å². The Kier molecular flexibility index (Phi) is 4.29. The van der Waals surface area contributed by atoms with Gasteiger partial charge in [0, 0.05) is 17.3 Å². The Bertz CT molecular complexity index is 1290. The third-order valence-corrected chi connectivity index (χ3v) is 4.73. The number of rotatable bonds is 5. The van der Waals surface area contributed by atoms with E-state index in [1.807, 2.05) is 54.1 Å². The molecular formula is C23H19N5O. The van der Waals surface area contributed by atoms with E-state index in [0.29, 0.717) is 12.6 Å². The summed E-state index contributed by atoms with van der Waals surface area (Å²) in [5.41, 5.74) is 2.64. The van der Waals surface area contributed by atoms with Crippen molar-refractivity contribution in [1.29, 1.82) is 0 Å². The third kappa shape index (κ3) is 3.25. The number of hydrogen-bond donors (Lipinski definition) is 1. The fourth-order valence-corrected chi connectivity index (χ4v) is 3.38. The molecule has 5 aromatic rings. The van der Waals surface area contributed by atoms with Crippen LogP contribution in [0.1, 0.15) is 6.92 Å². The normalized spacial score (nSPS) is 11.1. The fourth-order valence-electron chi connectivity index (χ4n) is 3.38. The van der Waals surface area contributed by atoms with Gasteiger partial charge in [-0.05, 0) is 42.6 Å². The minimum atomic E-state index is 0.517. The van der Waals surface area contributed by atoms with Gasteiger partial charge in [-0.15, -0.1) is 0 Å². The van der Waals surface area contributed by atoms with Crippen molar-refractivity contribution in [2.75, 3.05) is 11.9 Å². The van der Waals surface area contributed by atoms with Crippen LogP contribution in [0, 0.1) is 0 Å². The van der Waals surface area contributed by atoms with Crippen LogP contribution in [0.15, 0.2) is 79.1 Å². The zero-order valence-corrected chi connectivity index (χ0v) is 15.9. The molecule has 1 N–H and O–H groups in total. The lowest BCUT2D eigenvalue weighted by molar-refractivity contribution is 0.340. The summed E-state index contributed by atoms with van der Waals surface area (Å²) in [7, 11) is 0. The highest BCUT2D eigenvalue weighted by Crippen LogP contribution is 2.25. The van der Waals surface area contributed by atoms with E-state index < -0.39 is 0 Å². The molecule has 142 valence electrons. The maximum absolute atomic E-state index is 5.49. The first kappa shape index (κ1) is 17.2. The Morgan fingerprint density at radius 1 is 0.897 bits per heavy atom. The number of benzene rings is 3. The molecule has 2 aromatic heterocycles. The first-order valence-electron chi connectivity index (χ1n) is 9.50. The van der Waals surface area contributed by atoms with Crippen LogP contribution in [0.3, 0.4) is 0 Å². The molecule has 0 aliphatic rings. The molecule has 0 atom stereocenters. The zero-order chi connectivity index (χ0) is 19.6. The number of anilines is 2. The predicted octanol–water partition coefficient (Wildman–Crippen LogP) is 5.11. The van der Waals surface area contributed by atoms with Crippen LogP contribution >= 0.6 is 0 Å². The lowest BCUT2D eigenvalue weighted by atomic mass is 10.1. The van der Waals surface area contributed by atoms with E-state index in [4.69, 9.17) is 9.72 Å². The summed E-state index contributed by atoms with van der Waals surface area (Å²) in [5, 5.41) is 11.0. The molecule has 2 heterocycles. The highest BCUT2D eigenvalue weighted by Gasteiger charge is 2.11. The molecule has 0 fully saturated rings. The molecule has 0 saturated carbocycles. The summed E-state index contributed by atoms with van der Waals surface area (Å²) in [6.45, 7) is 2.61. The van der Waals surface area contributed by atoms with Crippen molar-refractivity contribution in [2.45, 2.75) is 6.92 Å². The lowest BCUT2D eigenvalue weighted by Crippen LogP contribution is -2.02. The molecule has 0 saturated heterocycles. The van der Waals surface area contributed by atoms with Gasteiger partial charge in [0.05, 0.1) is 23.9 Å². The van der Waals surface area contributed by atoms with Crippen LogP contribution < -0.4 is 10.1 Å². The number of nitrogens with zero attached hydrogens (tertiary/aromatic N) is 4. The minimum Gasteiger partial charge on any atom is -0.494 e. The molecule has 0 unspecified atom stereocenters. The van der Waals surface area contributed by atoms with Gasteiger partial charge in [0.15, 0.2) is 5.65 Å². The molecule has 6 nitrogen and oxygen atoms in total. The van der Waals surface area contributed by atoms with Gasteiger partial charge in [0.25, 0.3) is 0 Å². The van der Waals surface area contributed by atoms with Crippen LogP contribution in [0.5, 0.6) is 5.75 Å². The maximum Gasteiger partial charge on any atom is 0.229 e. The Morgan fingerprint density at radius 3 is 2.59 bits per heavy atom. The van der Waals surface area contributed by atoms with Crippen LogP contribution in [-0.2, 0) is 0 Å². The second kappa shape index (κ2) is 7.24. The second-order valence-electron chi connectivity index (χ2n) is 6.61. The van der Waals surface area contributed by atoms with Crippen molar-refractivity contribution in [2.24, 2.45) is 0 Å². The van der Waals surface area contributed by atoms with Crippen molar-refractivity contribution in [1.82, 2.24) is 19.7 Å². The highest BCUT2D eigenvalue weighted by atomic mass is 16.5. The Labute approximate surface area is 167 Å². The molecule has 0 aliphatic heterocycles. The molecule has 5 rings (SSSR count). The number of aromatic nitrogens is 4. The SMILES string of the molecule is CCOc1ccc(Nc2ncc3cnn(-c4cccc5ccccc45)c3n2)cc1. The highest BCUT2D eigenvalue weighted by molar-refractivity contribution is 5.91. The van der Waals surface area contributed by atoms with Crippen molar-refractivity contribution < 1.29 is 4.74 Å². The quantitative estimate of drug-likeness (QED) is 0.458. The molecule has 0 amide bonds. The van der Waals surface area contributed by atoms with E-state index in [1.54, 1.807) is 12.4 Å². The van der Waals surface area contributed by atoms with Gasteiger partial charge in [-0.3, -0.25) is 0 Å². The third-order valence-electron chi connectivity index (χ3n) is 4.73. The van der Waals surface area contributed by atoms with Gasteiger partial charge in [-0.2, -0.15) is 10.1 Å². The smallest absolute Gasteiger partial charge is 0.229 e. The topological polar surface area (TPSA) is 64.9 Å². The minimum absolute atomic E-state index is 0.517. The first-order valence-corrected chi connectivity index (χ1v) is 9.50. The summed E-state index contributed by atoms with van der Waals surface area (Å²) >= 11 is 0. The van der Waals surface area contributed by atoms with Gasteiger partial charge in [0.1, 0.15) is 5.75 Å². The second-order valence-corrected chi connectivity index (χ2v) is 6.61. The van der Waals surface area contributed by atoms with E-state index in [-0.39, 0.29) is 0 Å². The van der Waals surface area contributed by atoms with Crippen molar-refractivity contribution in [3.05, 3.63) is 79.1 Å². The Morgan fingerprint density at radius 2 is 1.72 bits per heavy atom. The van der Waals surface area contributed by atoms with Gasteiger partial charge in [0.2, 0.25) is 5.95 Å². The Balaban J connectivity index is 1.53. The molecule has 0 radical (unpaired) electrons. The van der Waals surface area contributed by atoms with Gasteiger partial charge >= 0.3 is 0 Å². The molecular weight excluding hydrogens is 362 g/mol. The van der Waals surface area contributed by atoms with E-state index >= 15 is 0 Å². The molecule has 0 aliphatic carbocycles. The fraction of sp³-hybridized carbons (Fsp3) is 0.0870. The molecule has 29 heavy (non-hydrogen) atoms. The van der Waals surface area contributed by atoms with E-state index in [0.717, 1.165) is 38.9 Å². The first-order chi connectivity index (χ1) is 14.3. The number of hydrogen-bond acceptors (Lipinski definition) is 5. The van der Waals surface area contributed by atoms with E-state index in [1.165, 1.54) is 0 Å². The number of ether oxygens (including phenoxy) is 1. The van der Waals surface area contributed by atoms with Gasteiger partial charge < -0.3 is 10.1 Å². The van der Waals surface area contributed by atoms with Crippen LogP contribution in [0.2, 0.25) is 0 Å². The van der Waals surface area contributed by atoms with Crippen LogP contribution in [-0.4, -0.2) is 26.4 Å². The summed E-state index contributed by atoms with van der Waals surface area (Å²) in [4.78, 5) is 9.14. The van der Waals surface area contributed by atoms with Crippen molar-refractivity contribution >= 4 is 33.4 Å². The molecule has 3 aromatic carbocycles. The predicted molar refractivity (Wildman–Crippen MR) is 115 cm³/mol. The monoisotopic (exact) mass is 381 g/mol. The van der Waals surface area contributed by atoms with Crippen LogP contribution in [0.25, 0.3) is 27.5 Å². The average molecular weight is 381 g/mol.